The van der Waals surface area contributed by atoms with E-state index in [9.17, 15) is 4.79 Å². The zero-order chi connectivity index (χ0) is 11.3. The van der Waals surface area contributed by atoms with Crippen molar-refractivity contribution in [3.05, 3.63) is 0 Å². The molecule has 88 valence electrons. The van der Waals surface area contributed by atoms with Gasteiger partial charge in [0.2, 0.25) is 0 Å². The van der Waals surface area contributed by atoms with Gasteiger partial charge in [0.1, 0.15) is 6.10 Å². The minimum absolute atomic E-state index is 0.0796. The Morgan fingerprint density at radius 1 is 1.60 bits per heavy atom. The largest absolute Gasteiger partial charge is 0.396 e. The third kappa shape index (κ3) is 3.47. The summed E-state index contributed by atoms with van der Waals surface area (Å²) in [6.07, 6.45) is 2.20. The van der Waals surface area contributed by atoms with Crippen molar-refractivity contribution >= 4 is 5.91 Å². The molecule has 0 radical (unpaired) electrons. The number of carbonyl (C=O) groups excluding carboxylic acids is 1. The molecule has 1 aliphatic heterocycles. The van der Waals surface area contributed by atoms with Gasteiger partial charge < -0.3 is 14.7 Å². The maximum Gasteiger partial charge on any atom is 0.251 e. The van der Waals surface area contributed by atoms with Crippen LogP contribution in [0.4, 0.5) is 0 Å². The van der Waals surface area contributed by atoms with Crippen LogP contribution in [-0.4, -0.2) is 47.8 Å². The van der Waals surface area contributed by atoms with E-state index < -0.39 is 0 Å². The van der Waals surface area contributed by atoms with Crippen LogP contribution in [0.5, 0.6) is 0 Å². The Bertz CT molecular complexity index is 200. The molecule has 0 bridgehead atoms. The fourth-order valence-electron chi connectivity index (χ4n) is 1.82. The Morgan fingerprint density at radius 3 is 2.80 bits per heavy atom. The van der Waals surface area contributed by atoms with E-state index in [1.54, 1.807) is 4.90 Å². The molecule has 4 heteroatoms. The molecule has 0 aliphatic carbocycles. The summed E-state index contributed by atoms with van der Waals surface area (Å²) >= 11 is 0. The number of aliphatic hydroxyl groups is 1. The summed E-state index contributed by atoms with van der Waals surface area (Å²) < 4.78 is 5.37. The molecular formula is C11H21NO3. The predicted molar refractivity (Wildman–Crippen MR) is 57.5 cm³/mol. The highest BCUT2D eigenvalue weighted by Gasteiger charge is 2.29. The van der Waals surface area contributed by atoms with Crippen molar-refractivity contribution in [3.8, 4) is 0 Å². The monoisotopic (exact) mass is 215 g/mol. The summed E-state index contributed by atoms with van der Waals surface area (Å²) in [6.45, 7) is 5.42. The summed E-state index contributed by atoms with van der Waals surface area (Å²) in [6, 6.07) is 0.174. The van der Waals surface area contributed by atoms with Crippen molar-refractivity contribution < 1.29 is 14.6 Å². The Kier molecular flexibility index (Phi) is 5.05. The van der Waals surface area contributed by atoms with Crippen molar-refractivity contribution in [2.24, 2.45) is 0 Å². The lowest BCUT2D eigenvalue weighted by molar-refractivity contribution is -0.142. The Balaban J connectivity index is 2.49. The SMILES string of the molecule is CC(C)N(CCCO)C(=O)C1CCCO1. The standard InChI is InChI=1S/C11H21NO3/c1-9(2)12(6-4-7-13)11(14)10-5-3-8-15-10/h9-10,13H,3-8H2,1-2H3. The van der Waals surface area contributed by atoms with Gasteiger partial charge in [0.15, 0.2) is 0 Å². The zero-order valence-electron chi connectivity index (χ0n) is 9.61. The normalized spacial score (nSPS) is 20.9. The quantitative estimate of drug-likeness (QED) is 0.737. The van der Waals surface area contributed by atoms with E-state index in [1.165, 1.54) is 0 Å². The predicted octanol–water partition coefficient (Wildman–Crippen LogP) is 0.785. The molecule has 1 fully saturated rings. The van der Waals surface area contributed by atoms with Crippen LogP contribution in [0.15, 0.2) is 0 Å². The molecule has 1 saturated heterocycles. The van der Waals surface area contributed by atoms with E-state index >= 15 is 0 Å². The van der Waals surface area contributed by atoms with E-state index in [4.69, 9.17) is 9.84 Å². The van der Waals surface area contributed by atoms with Gasteiger partial charge in [-0.05, 0) is 33.1 Å². The molecule has 4 nitrogen and oxygen atoms in total. The van der Waals surface area contributed by atoms with Crippen LogP contribution in [0.1, 0.15) is 33.1 Å². The molecule has 1 aliphatic rings. The summed E-state index contributed by atoms with van der Waals surface area (Å²) in [5.74, 6) is 0.0796. The van der Waals surface area contributed by atoms with Gasteiger partial charge in [0.05, 0.1) is 0 Å². The molecule has 0 aromatic carbocycles. The average molecular weight is 215 g/mol. The summed E-state index contributed by atoms with van der Waals surface area (Å²) in [5, 5.41) is 8.77. The molecule has 15 heavy (non-hydrogen) atoms. The first-order chi connectivity index (χ1) is 7.16. The summed E-state index contributed by atoms with van der Waals surface area (Å²) in [4.78, 5) is 13.8. The average Bonchev–Trinajstić information content (AvgIpc) is 2.70. The minimum Gasteiger partial charge on any atom is -0.396 e. The van der Waals surface area contributed by atoms with Gasteiger partial charge in [-0.2, -0.15) is 0 Å². The van der Waals surface area contributed by atoms with Crippen LogP contribution in [0, 0.1) is 0 Å². The molecular weight excluding hydrogens is 194 g/mol. The topological polar surface area (TPSA) is 49.8 Å². The van der Waals surface area contributed by atoms with E-state index in [0.29, 0.717) is 19.6 Å². The van der Waals surface area contributed by atoms with Gasteiger partial charge in [-0.25, -0.2) is 0 Å². The number of rotatable bonds is 5. The first kappa shape index (κ1) is 12.5. The maximum atomic E-state index is 12.0. The highest BCUT2D eigenvalue weighted by molar-refractivity contribution is 5.81. The van der Waals surface area contributed by atoms with Crippen molar-refractivity contribution in [3.63, 3.8) is 0 Å². The van der Waals surface area contributed by atoms with Gasteiger partial charge in [0.25, 0.3) is 5.91 Å². The first-order valence-corrected chi connectivity index (χ1v) is 5.69. The summed E-state index contributed by atoms with van der Waals surface area (Å²) in [5.41, 5.74) is 0. The Morgan fingerprint density at radius 2 is 2.33 bits per heavy atom. The highest BCUT2D eigenvalue weighted by atomic mass is 16.5. The van der Waals surface area contributed by atoms with Crippen molar-refractivity contribution in [1.29, 1.82) is 0 Å². The van der Waals surface area contributed by atoms with Crippen molar-refractivity contribution in [1.82, 2.24) is 4.90 Å². The molecule has 1 N–H and O–H groups in total. The molecule has 0 saturated carbocycles. The molecule has 0 spiro atoms. The van der Waals surface area contributed by atoms with Crippen LogP contribution in [0.3, 0.4) is 0 Å². The molecule has 0 aromatic rings. The number of aliphatic hydroxyl groups excluding tert-OH is 1. The Labute approximate surface area is 91.2 Å². The lowest BCUT2D eigenvalue weighted by Gasteiger charge is -2.28. The first-order valence-electron chi connectivity index (χ1n) is 5.69. The van der Waals surface area contributed by atoms with Gasteiger partial charge >= 0.3 is 0 Å². The van der Waals surface area contributed by atoms with E-state index in [0.717, 1.165) is 12.8 Å². The van der Waals surface area contributed by atoms with Gasteiger partial charge in [-0.3, -0.25) is 4.79 Å². The summed E-state index contributed by atoms with van der Waals surface area (Å²) in [7, 11) is 0. The van der Waals surface area contributed by atoms with Crippen LogP contribution in [0.2, 0.25) is 0 Å². The third-order valence-corrected chi connectivity index (χ3v) is 2.67. The minimum atomic E-state index is -0.244. The lowest BCUT2D eigenvalue weighted by atomic mass is 10.2. The fourth-order valence-corrected chi connectivity index (χ4v) is 1.82. The van der Waals surface area contributed by atoms with Crippen molar-refractivity contribution in [2.75, 3.05) is 19.8 Å². The highest BCUT2D eigenvalue weighted by Crippen LogP contribution is 2.16. The van der Waals surface area contributed by atoms with Crippen LogP contribution in [-0.2, 0) is 9.53 Å². The Hall–Kier alpha value is -0.610. The van der Waals surface area contributed by atoms with E-state index in [1.807, 2.05) is 13.8 Å². The number of hydrogen-bond donors (Lipinski definition) is 1. The second-order valence-electron chi connectivity index (χ2n) is 4.20. The van der Waals surface area contributed by atoms with Crippen LogP contribution in [0.25, 0.3) is 0 Å². The molecule has 1 unspecified atom stereocenters. The van der Waals surface area contributed by atoms with E-state index in [2.05, 4.69) is 0 Å². The molecule has 0 aromatic heterocycles. The van der Waals surface area contributed by atoms with Gasteiger partial charge in [-0.15, -0.1) is 0 Å². The zero-order valence-corrected chi connectivity index (χ0v) is 9.61. The molecule has 1 atom stereocenters. The third-order valence-electron chi connectivity index (χ3n) is 2.67. The number of ether oxygens (including phenoxy) is 1. The molecule has 1 amide bonds. The van der Waals surface area contributed by atoms with Crippen molar-refractivity contribution in [2.45, 2.75) is 45.3 Å². The number of nitrogens with zero attached hydrogens (tertiary/aromatic N) is 1. The van der Waals surface area contributed by atoms with Gasteiger partial charge in [0, 0.05) is 25.8 Å². The van der Waals surface area contributed by atoms with Crippen LogP contribution < -0.4 is 0 Å². The smallest absolute Gasteiger partial charge is 0.251 e. The molecule has 1 rings (SSSR count). The number of amides is 1. The lowest BCUT2D eigenvalue weighted by Crippen LogP contribution is -2.43. The van der Waals surface area contributed by atoms with Gasteiger partial charge in [-0.1, -0.05) is 0 Å². The van der Waals surface area contributed by atoms with E-state index in [-0.39, 0.29) is 24.7 Å². The number of carbonyl (C=O) groups is 1. The van der Waals surface area contributed by atoms with Crippen LogP contribution >= 0.6 is 0 Å². The molecule has 1 heterocycles. The second-order valence-corrected chi connectivity index (χ2v) is 4.20. The maximum absolute atomic E-state index is 12.0. The second kappa shape index (κ2) is 6.08. The fraction of sp³-hybridized carbons (Fsp3) is 0.909. The number of hydrogen-bond acceptors (Lipinski definition) is 3.